The maximum atomic E-state index is 12.7. The van der Waals surface area contributed by atoms with Crippen molar-refractivity contribution in [2.45, 2.75) is 25.6 Å². The summed E-state index contributed by atoms with van der Waals surface area (Å²) in [4.78, 5) is 36.4. The fraction of sp³-hybridized carbons (Fsp3) is 0.190. The second-order valence-electron chi connectivity index (χ2n) is 6.79. The van der Waals surface area contributed by atoms with Crippen LogP contribution in [0.5, 0.6) is 0 Å². The van der Waals surface area contributed by atoms with Crippen LogP contribution in [-0.2, 0) is 22.2 Å². The number of primary amides is 1. The van der Waals surface area contributed by atoms with E-state index in [1.807, 2.05) is 0 Å². The zero-order chi connectivity index (χ0) is 22.1. The molecule has 0 fully saturated rings. The lowest BCUT2D eigenvalue weighted by atomic mass is 10.1. The first kappa shape index (κ1) is 21.1. The largest absolute Gasteiger partial charge is 0.416 e. The van der Waals surface area contributed by atoms with Gasteiger partial charge in [0, 0.05) is 22.7 Å². The summed E-state index contributed by atoms with van der Waals surface area (Å²) in [5, 5.41) is 3.43. The van der Waals surface area contributed by atoms with E-state index in [0.29, 0.717) is 16.6 Å². The maximum Gasteiger partial charge on any atom is 0.416 e. The molecule has 9 heteroatoms. The van der Waals surface area contributed by atoms with Crippen LogP contribution >= 0.6 is 0 Å². The van der Waals surface area contributed by atoms with Gasteiger partial charge in [-0.3, -0.25) is 14.4 Å². The standard InChI is InChI=1S/C21H18F3N3O3/c1-12(19(25)29)27-10-9-15-16(20(27)30)3-2-4-17(15)26-18(28)11-13-5-7-14(8-6-13)21(22,23)24/h2-10,12H,11H2,1H3,(H2,25,29)(H,26,28)/t12-/m0/s1. The number of benzene rings is 2. The molecule has 156 valence electrons. The molecule has 0 saturated carbocycles. The van der Waals surface area contributed by atoms with Crippen molar-refractivity contribution in [1.82, 2.24) is 4.57 Å². The van der Waals surface area contributed by atoms with Gasteiger partial charge in [-0.1, -0.05) is 18.2 Å². The monoisotopic (exact) mass is 417 g/mol. The molecule has 0 bridgehead atoms. The highest BCUT2D eigenvalue weighted by molar-refractivity contribution is 6.02. The third-order valence-corrected chi connectivity index (χ3v) is 4.72. The molecule has 0 aliphatic carbocycles. The van der Waals surface area contributed by atoms with E-state index in [4.69, 9.17) is 5.73 Å². The van der Waals surface area contributed by atoms with Gasteiger partial charge >= 0.3 is 6.18 Å². The number of carbonyl (C=O) groups excluding carboxylic acids is 2. The molecule has 0 radical (unpaired) electrons. The number of aromatic nitrogens is 1. The maximum absolute atomic E-state index is 12.7. The van der Waals surface area contributed by atoms with Gasteiger partial charge in [-0.2, -0.15) is 13.2 Å². The summed E-state index contributed by atoms with van der Waals surface area (Å²) in [5.41, 5.74) is 4.83. The molecule has 2 aromatic carbocycles. The number of carbonyl (C=O) groups is 2. The summed E-state index contributed by atoms with van der Waals surface area (Å²) in [6.45, 7) is 1.51. The number of fused-ring (bicyclic) bond motifs is 1. The van der Waals surface area contributed by atoms with E-state index in [1.54, 1.807) is 24.3 Å². The first-order valence-electron chi connectivity index (χ1n) is 8.97. The Labute approximate surface area is 169 Å². The summed E-state index contributed by atoms with van der Waals surface area (Å²) < 4.78 is 39.1. The minimum absolute atomic E-state index is 0.135. The average molecular weight is 417 g/mol. The molecule has 0 spiro atoms. The zero-order valence-electron chi connectivity index (χ0n) is 15.9. The molecule has 0 aliphatic heterocycles. The van der Waals surface area contributed by atoms with Gasteiger partial charge in [-0.05, 0) is 42.8 Å². The summed E-state index contributed by atoms with van der Waals surface area (Å²) in [6, 6.07) is 9.83. The number of pyridine rings is 1. The van der Waals surface area contributed by atoms with Crippen LogP contribution in [0.4, 0.5) is 18.9 Å². The second-order valence-corrected chi connectivity index (χ2v) is 6.79. The number of nitrogens with one attached hydrogen (secondary N) is 1. The lowest BCUT2D eigenvalue weighted by molar-refractivity contribution is -0.137. The van der Waals surface area contributed by atoms with Crippen LogP contribution in [0.15, 0.2) is 59.5 Å². The molecule has 3 rings (SSSR count). The van der Waals surface area contributed by atoms with Crippen molar-refractivity contribution in [3.8, 4) is 0 Å². The molecule has 1 heterocycles. The highest BCUT2D eigenvalue weighted by Crippen LogP contribution is 2.29. The predicted octanol–water partition coefficient (Wildman–Crippen LogP) is 3.25. The van der Waals surface area contributed by atoms with Crippen LogP contribution in [0.3, 0.4) is 0 Å². The van der Waals surface area contributed by atoms with E-state index in [2.05, 4.69) is 5.32 Å². The highest BCUT2D eigenvalue weighted by atomic mass is 19.4. The quantitative estimate of drug-likeness (QED) is 0.667. The summed E-state index contributed by atoms with van der Waals surface area (Å²) in [7, 11) is 0. The Morgan fingerprint density at radius 2 is 1.73 bits per heavy atom. The minimum atomic E-state index is -4.44. The van der Waals surface area contributed by atoms with Crippen molar-refractivity contribution in [1.29, 1.82) is 0 Å². The third-order valence-electron chi connectivity index (χ3n) is 4.72. The molecule has 1 aromatic heterocycles. The molecule has 0 unspecified atom stereocenters. The number of amides is 2. The molecule has 6 nitrogen and oxygen atoms in total. The van der Waals surface area contributed by atoms with Gasteiger partial charge in [0.15, 0.2) is 0 Å². The van der Waals surface area contributed by atoms with Gasteiger partial charge in [-0.15, -0.1) is 0 Å². The molecule has 3 N–H and O–H groups in total. The Balaban J connectivity index is 1.83. The van der Waals surface area contributed by atoms with E-state index >= 15 is 0 Å². The Kier molecular flexibility index (Phi) is 5.64. The van der Waals surface area contributed by atoms with E-state index < -0.39 is 35.2 Å². The Hall–Kier alpha value is -3.62. The molecular formula is C21H18F3N3O3. The lowest BCUT2D eigenvalue weighted by Gasteiger charge is -2.14. The number of hydrogen-bond acceptors (Lipinski definition) is 3. The van der Waals surface area contributed by atoms with Crippen LogP contribution < -0.4 is 16.6 Å². The van der Waals surface area contributed by atoms with Crippen LogP contribution in [-0.4, -0.2) is 16.4 Å². The van der Waals surface area contributed by atoms with Crippen LogP contribution in [0.1, 0.15) is 24.1 Å². The number of rotatable bonds is 5. The van der Waals surface area contributed by atoms with Gasteiger partial charge in [0.1, 0.15) is 6.04 Å². The number of nitrogens with zero attached hydrogens (tertiary/aromatic N) is 1. The van der Waals surface area contributed by atoms with Gasteiger partial charge in [0.2, 0.25) is 11.8 Å². The fourth-order valence-electron chi connectivity index (χ4n) is 3.04. The summed E-state index contributed by atoms with van der Waals surface area (Å²) >= 11 is 0. The molecule has 1 atom stereocenters. The topological polar surface area (TPSA) is 94.2 Å². The summed E-state index contributed by atoms with van der Waals surface area (Å²) in [6.07, 6.45) is -3.15. The van der Waals surface area contributed by atoms with Gasteiger partial charge < -0.3 is 15.6 Å². The van der Waals surface area contributed by atoms with Gasteiger partial charge in [-0.25, -0.2) is 0 Å². The number of halogens is 3. The van der Waals surface area contributed by atoms with Crippen LogP contribution in [0.25, 0.3) is 10.8 Å². The van der Waals surface area contributed by atoms with Crippen molar-refractivity contribution in [2.24, 2.45) is 5.73 Å². The van der Waals surface area contributed by atoms with Crippen LogP contribution in [0, 0.1) is 0 Å². The van der Waals surface area contributed by atoms with Gasteiger partial charge in [0.05, 0.1) is 12.0 Å². The molecule has 0 saturated heterocycles. The minimum Gasteiger partial charge on any atom is -0.368 e. The first-order valence-corrected chi connectivity index (χ1v) is 8.97. The number of alkyl halides is 3. The molecular weight excluding hydrogens is 399 g/mol. The summed E-state index contributed by atoms with van der Waals surface area (Å²) in [5.74, 6) is -1.10. The van der Waals surface area contributed by atoms with Crippen LogP contribution in [0.2, 0.25) is 0 Å². The number of anilines is 1. The van der Waals surface area contributed by atoms with Crippen molar-refractivity contribution in [3.63, 3.8) is 0 Å². The Morgan fingerprint density at radius 1 is 1.07 bits per heavy atom. The normalized spacial score (nSPS) is 12.5. The van der Waals surface area contributed by atoms with E-state index in [0.717, 1.165) is 12.1 Å². The number of hydrogen-bond donors (Lipinski definition) is 2. The molecule has 3 aromatic rings. The predicted molar refractivity (Wildman–Crippen MR) is 106 cm³/mol. The third kappa shape index (κ3) is 4.35. The Bertz CT molecular complexity index is 1170. The first-order chi connectivity index (χ1) is 14.1. The average Bonchev–Trinajstić information content (AvgIpc) is 2.68. The Morgan fingerprint density at radius 3 is 2.33 bits per heavy atom. The van der Waals surface area contributed by atoms with Crippen molar-refractivity contribution >= 4 is 28.3 Å². The molecule has 2 amide bonds. The fourth-order valence-corrected chi connectivity index (χ4v) is 3.04. The SMILES string of the molecule is C[C@@H](C(N)=O)n1ccc2c(NC(=O)Cc3ccc(C(F)(F)F)cc3)cccc2c1=O. The lowest BCUT2D eigenvalue weighted by Crippen LogP contribution is -2.31. The van der Waals surface area contributed by atoms with Gasteiger partial charge in [0.25, 0.3) is 5.56 Å². The van der Waals surface area contributed by atoms with E-state index in [1.165, 1.54) is 29.8 Å². The second kappa shape index (κ2) is 8.02. The smallest absolute Gasteiger partial charge is 0.368 e. The van der Waals surface area contributed by atoms with E-state index in [-0.39, 0.29) is 11.8 Å². The van der Waals surface area contributed by atoms with Crippen molar-refractivity contribution in [3.05, 3.63) is 76.2 Å². The van der Waals surface area contributed by atoms with Crippen molar-refractivity contribution in [2.75, 3.05) is 5.32 Å². The molecule has 0 aliphatic rings. The van der Waals surface area contributed by atoms with Crippen molar-refractivity contribution < 1.29 is 22.8 Å². The van der Waals surface area contributed by atoms with E-state index in [9.17, 15) is 27.6 Å². The zero-order valence-corrected chi connectivity index (χ0v) is 15.9. The molecule has 30 heavy (non-hydrogen) atoms. The highest BCUT2D eigenvalue weighted by Gasteiger charge is 2.30. The number of nitrogens with two attached hydrogens (primary N) is 1.